The van der Waals surface area contributed by atoms with Crippen molar-refractivity contribution in [2.75, 3.05) is 6.61 Å². The molecular formula is C14H20Cl2O. The summed E-state index contributed by atoms with van der Waals surface area (Å²) in [7, 11) is 0. The van der Waals surface area contributed by atoms with E-state index in [4.69, 9.17) is 27.9 Å². The molecule has 1 nitrogen and oxygen atoms in total. The van der Waals surface area contributed by atoms with Gasteiger partial charge >= 0.3 is 0 Å². The minimum absolute atomic E-state index is 0.232. The summed E-state index contributed by atoms with van der Waals surface area (Å²) in [4.78, 5) is 0. The van der Waals surface area contributed by atoms with E-state index in [1.54, 1.807) is 6.08 Å². The highest BCUT2D eigenvalue weighted by Crippen LogP contribution is 2.21. The lowest BCUT2D eigenvalue weighted by atomic mass is 10.0. The zero-order valence-corrected chi connectivity index (χ0v) is 12.6. The van der Waals surface area contributed by atoms with Gasteiger partial charge in [-0.2, -0.15) is 0 Å². The Morgan fingerprint density at radius 1 is 1.12 bits per heavy atom. The smallest absolute Gasteiger partial charge is 0.120 e. The van der Waals surface area contributed by atoms with Crippen LogP contribution in [-0.2, 0) is 0 Å². The topological polar surface area (TPSA) is 9.23 Å². The molecule has 0 spiro atoms. The third kappa shape index (κ3) is 5.99. The van der Waals surface area contributed by atoms with E-state index in [1.165, 1.54) is 16.7 Å². The molecule has 1 rings (SSSR count). The average molecular weight is 275 g/mol. The van der Waals surface area contributed by atoms with Crippen LogP contribution in [0.3, 0.4) is 0 Å². The van der Waals surface area contributed by atoms with E-state index in [-0.39, 0.29) is 4.49 Å². The van der Waals surface area contributed by atoms with Crippen molar-refractivity contribution in [1.29, 1.82) is 0 Å². The highest BCUT2D eigenvalue weighted by atomic mass is 35.5. The molecule has 0 aliphatic carbocycles. The van der Waals surface area contributed by atoms with Gasteiger partial charge in [0.15, 0.2) is 0 Å². The predicted octanol–water partition coefficient (Wildman–Crippen LogP) is 5.34. The molecule has 0 bridgehead atoms. The zero-order chi connectivity index (χ0) is 13.4. The maximum Gasteiger partial charge on any atom is 0.120 e. The second kappa shape index (κ2) is 8.43. The quantitative estimate of drug-likeness (QED) is 0.723. The van der Waals surface area contributed by atoms with Gasteiger partial charge in [0.05, 0.1) is 0 Å². The zero-order valence-electron chi connectivity index (χ0n) is 11.1. The Hall–Kier alpha value is -0.660. The van der Waals surface area contributed by atoms with Gasteiger partial charge in [-0.25, -0.2) is 0 Å². The molecule has 17 heavy (non-hydrogen) atoms. The van der Waals surface area contributed by atoms with Crippen molar-refractivity contribution >= 4 is 23.2 Å². The maximum absolute atomic E-state index is 5.49. The van der Waals surface area contributed by atoms with Crippen LogP contribution < -0.4 is 4.74 Å². The molecule has 0 radical (unpaired) electrons. The molecule has 0 aliphatic rings. The third-order valence-corrected chi connectivity index (χ3v) is 2.70. The number of aryl methyl sites for hydroxylation is 2. The van der Waals surface area contributed by atoms with Crippen LogP contribution in [-0.4, -0.2) is 6.61 Å². The molecule has 1 aromatic rings. The van der Waals surface area contributed by atoms with Gasteiger partial charge < -0.3 is 4.74 Å². The van der Waals surface area contributed by atoms with Crippen molar-refractivity contribution in [3.8, 4) is 5.75 Å². The van der Waals surface area contributed by atoms with E-state index in [2.05, 4.69) is 20.8 Å². The number of benzene rings is 1. The van der Waals surface area contributed by atoms with E-state index in [0.29, 0.717) is 6.61 Å². The van der Waals surface area contributed by atoms with Crippen LogP contribution in [0.2, 0.25) is 0 Å². The molecule has 3 heteroatoms. The Kier molecular flexibility index (Phi) is 8.11. The summed E-state index contributed by atoms with van der Waals surface area (Å²) in [5.74, 6) is 0.849. The molecule has 0 unspecified atom stereocenters. The van der Waals surface area contributed by atoms with Gasteiger partial charge in [-0.05, 0) is 55.7 Å². The summed E-state index contributed by atoms with van der Waals surface area (Å²) < 4.78 is 5.72. The van der Waals surface area contributed by atoms with Crippen LogP contribution in [0.15, 0.2) is 22.7 Å². The van der Waals surface area contributed by atoms with Crippen molar-refractivity contribution in [2.45, 2.75) is 34.6 Å². The van der Waals surface area contributed by atoms with Crippen LogP contribution in [0, 0.1) is 20.8 Å². The van der Waals surface area contributed by atoms with Gasteiger partial charge in [-0.1, -0.05) is 37.0 Å². The lowest BCUT2D eigenvalue weighted by molar-refractivity contribution is 0.362. The summed E-state index contributed by atoms with van der Waals surface area (Å²) >= 11 is 11.0. The van der Waals surface area contributed by atoms with Gasteiger partial charge in [0, 0.05) is 0 Å². The van der Waals surface area contributed by atoms with Crippen molar-refractivity contribution in [2.24, 2.45) is 0 Å². The van der Waals surface area contributed by atoms with Crippen LogP contribution in [0.25, 0.3) is 0 Å². The Balaban J connectivity index is 0.00000121. The largest absolute Gasteiger partial charge is 0.489 e. The Labute approximate surface area is 114 Å². The fraction of sp³-hybridized carbons (Fsp3) is 0.429. The van der Waals surface area contributed by atoms with Crippen LogP contribution in [0.1, 0.15) is 30.5 Å². The lowest BCUT2D eigenvalue weighted by Gasteiger charge is -2.09. The summed E-state index contributed by atoms with van der Waals surface area (Å²) in [6, 6.07) is 4.02. The van der Waals surface area contributed by atoms with Gasteiger partial charge in [0.1, 0.15) is 16.8 Å². The molecule has 0 aliphatic heterocycles. The van der Waals surface area contributed by atoms with Gasteiger partial charge in [0.25, 0.3) is 0 Å². The number of hydrogen-bond donors (Lipinski definition) is 0. The number of ether oxygens (including phenoxy) is 1. The van der Waals surface area contributed by atoms with Crippen molar-refractivity contribution in [1.82, 2.24) is 0 Å². The van der Waals surface area contributed by atoms with E-state index < -0.39 is 0 Å². The summed E-state index contributed by atoms with van der Waals surface area (Å²) in [5.41, 5.74) is 3.75. The SMILES string of the molecule is CC.Cc1cc(OCC=C(Cl)Cl)cc(C)c1C. The minimum Gasteiger partial charge on any atom is -0.489 e. The molecule has 0 saturated carbocycles. The molecule has 0 saturated heterocycles. The van der Waals surface area contributed by atoms with Crippen LogP contribution >= 0.6 is 23.2 Å². The molecule has 96 valence electrons. The predicted molar refractivity (Wildman–Crippen MR) is 77.3 cm³/mol. The third-order valence-electron chi connectivity index (χ3n) is 2.39. The Morgan fingerprint density at radius 3 is 2.00 bits per heavy atom. The van der Waals surface area contributed by atoms with Crippen molar-refractivity contribution in [3.05, 3.63) is 39.4 Å². The second-order valence-corrected chi connectivity index (χ2v) is 4.49. The summed E-state index contributed by atoms with van der Waals surface area (Å²) in [6.07, 6.45) is 1.62. The van der Waals surface area contributed by atoms with Crippen molar-refractivity contribution < 1.29 is 4.74 Å². The van der Waals surface area contributed by atoms with Crippen LogP contribution in [0.4, 0.5) is 0 Å². The van der Waals surface area contributed by atoms with Crippen LogP contribution in [0.5, 0.6) is 5.75 Å². The van der Waals surface area contributed by atoms with E-state index in [1.807, 2.05) is 26.0 Å². The summed E-state index contributed by atoms with van der Waals surface area (Å²) in [5, 5.41) is 0. The molecule has 0 fully saturated rings. The number of hydrogen-bond acceptors (Lipinski definition) is 1. The maximum atomic E-state index is 5.49. The normalized spacial score (nSPS) is 9.12. The average Bonchev–Trinajstić information content (AvgIpc) is 2.28. The Morgan fingerprint density at radius 2 is 1.59 bits per heavy atom. The molecule has 0 aromatic heterocycles. The molecule has 0 amide bonds. The minimum atomic E-state index is 0.232. The monoisotopic (exact) mass is 274 g/mol. The fourth-order valence-corrected chi connectivity index (χ4v) is 1.41. The molecule has 0 N–H and O–H groups in total. The lowest BCUT2D eigenvalue weighted by Crippen LogP contribution is -1.96. The molecule has 0 atom stereocenters. The molecule has 1 aromatic carbocycles. The molecular weight excluding hydrogens is 255 g/mol. The summed E-state index contributed by atoms with van der Waals surface area (Å²) in [6.45, 7) is 10.6. The fourth-order valence-electron chi connectivity index (χ4n) is 1.28. The first-order valence-corrected chi connectivity index (χ1v) is 6.48. The highest BCUT2D eigenvalue weighted by molar-refractivity contribution is 6.55. The first kappa shape index (κ1) is 16.3. The van der Waals surface area contributed by atoms with Crippen molar-refractivity contribution in [3.63, 3.8) is 0 Å². The number of halogens is 2. The highest BCUT2D eigenvalue weighted by Gasteiger charge is 2.01. The first-order valence-electron chi connectivity index (χ1n) is 5.72. The second-order valence-electron chi connectivity index (χ2n) is 3.49. The number of rotatable bonds is 3. The van der Waals surface area contributed by atoms with Gasteiger partial charge in [-0.3, -0.25) is 0 Å². The Bertz CT molecular complexity index is 357. The van der Waals surface area contributed by atoms with Gasteiger partial charge in [-0.15, -0.1) is 0 Å². The standard InChI is InChI=1S/C12H14Cl2O.C2H6/c1-8-6-11(7-9(2)10(8)3)15-5-4-12(13)14;1-2/h4,6-7H,5H2,1-3H3;1-2H3. The first-order chi connectivity index (χ1) is 8.00. The molecule has 0 heterocycles. The van der Waals surface area contributed by atoms with E-state index >= 15 is 0 Å². The van der Waals surface area contributed by atoms with E-state index in [9.17, 15) is 0 Å². The van der Waals surface area contributed by atoms with E-state index in [0.717, 1.165) is 5.75 Å². The van der Waals surface area contributed by atoms with Gasteiger partial charge in [0.2, 0.25) is 0 Å².